The maximum atomic E-state index is 12.0. The number of benzene rings is 1. The molecular weight excluding hydrogens is 268 g/mol. The second-order valence-corrected chi connectivity index (χ2v) is 5.81. The monoisotopic (exact) mass is 290 g/mol. The van der Waals surface area contributed by atoms with Crippen LogP contribution < -0.4 is 11.1 Å². The summed E-state index contributed by atoms with van der Waals surface area (Å²) in [5.41, 5.74) is 6.08. The van der Waals surface area contributed by atoms with Gasteiger partial charge in [0.25, 0.3) is 0 Å². The summed E-state index contributed by atoms with van der Waals surface area (Å²) in [6.07, 6.45) is 3.50. The number of hydrogen-bond donors (Lipinski definition) is 3. The first kappa shape index (κ1) is 15.5. The van der Waals surface area contributed by atoms with Crippen LogP contribution in [0.25, 0.3) is 0 Å². The van der Waals surface area contributed by atoms with Crippen LogP contribution in [-0.4, -0.2) is 29.6 Å². The number of nitrogens with two attached hydrogens (primary N) is 1. The molecule has 1 atom stereocenters. The zero-order valence-corrected chi connectivity index (χ0v) is 12.0. The fraction of sp³-hybridized carbons (Fsp3) is 0.500. The Kier molecular flexibility index (Phi) is 4.96. The largest absolute Gasteiger partial charge is 0.481 e. The predicted molar refractivity (Wildman–Crippen MR) is 79.7 cm³/mol. The summed E-state index contributed by atoms with van der Waals surface area (Å²) in [7, 11) is 0. The highest BCUT2D eigenvalue weighted by Gasteiger charge is 2.41. The van der Waals surface area contributed by atoms with Crippen LogP contribution in [0.1, 0.15) is 31.2 Å². The molecule has 0 unspecified atom stereocenters. The minimum absolute atomic E-state index is 0.170. The first-order chi connectivity index (χ1) is 10.0. The van der Waals surface area contributed by atoms with Gasteiger partial charge in [0.05, 0.1) is 11.5 Å². The van der Waals surface area contributed by atoms with Crippen molar-refractivity contribution in [3.05, 3.63) is 35.9 Å². The van der Waals surface area contributed by atoms with Gasteiger partial charge in [0.1, 0.15) is 0 Å². The molecule has 1 saturated carbocycles. The highest BCUT2D eigenvalue weighted by Crippen LogP contribution is 2.37. The van der Waals surface area contributed by atoms with E-state index in [-0.39, 0.29) is 12.5 Å². The van der Waals surface area contributed by atoms with E-state index in [2.05, 4.69) is 5.32 Å². The Morgan fingerprint density at radius 1 is 1.24 bits per heavy atom. The van der Waals surface area contributed by atoms with Crippen molar-refractivity contribution in [3.63, 3.8) is 0 Å². The van der Waals surface area contributed by atoms with Crippen molar-refractivity contribution in [1.29, 1.82) is 0 Å². The number of carbonyl (C=O) groups is 2. The summed E-state index contributed by atoms with van der Waals surface area (Å²) in [4.78, 5) is 23.5. The molecule has 0 radical (unpaired) electrons. The molecule has 2 rings (SSSR count). The van der Waals surface area contributed by atoms with Gasteiger partial charge in [0.2, 0.25) is 5.91 Å². The van der Waals surface area contributed by atoms with E-state index >= 15 is 0 Å². The van der Waals surface area contributed by atoms with Crippen molar-refractivity contribution in [1.82, 2.24) is 5.32 Å². The van der Waals surface area contributed by atoms with E-state index in [9.17, 15) is 14.7 Å². The Morgan fingerprint density at radius 3 is 2.43 bits per heavy atom. The number of carboxylic acid groups (broad SMARTS) is 1. The Bertz CT molecular complexity index is 496. The molecular formula is C16H22N2O3. The van der Waals surface area contributed by atoms with Crippen molar-refractivity contribution in [3.8, 4) is 0 Å². The highest BCUT2D eigenvalue weighted by atomic mass is 16.4. The lowest BCUT2D eigenvalue weighted by atomic mass is 9.86. The molecule has 1 fully saturated rings. The van der Waals surface area contributed by atoms with Gasteiger partial charge in [-0.1, -0.05) is 43.2 Å². The summed E-state index contributed by atoms with van der Waals surface area (Å²) < 4.78 is 0. The molecule has 1 aromatic rings. The van der Waals surface area contributed by atoms with E-state index < -0.39 is 17.4 Å². The third-order valence-electron chi connectivity index (χ3n) is 4.25. The first-order valence-electron chi connectivity index (χ1n) is 7.34. The van der Waals surface area contributed by atoms with Gasteiger partial charge in [-0.15, -0.1) is 0 Å². The molecule has 1 aliphatic carbocycles. The van der Waals surface area contributed by atoms with Gasteiger partial charge in [-0.25, -0.2) is 0 Å². The lowest BCUT2D eigenvalue weighted by molar-refractivity contribution is -0.148. The molecule has 0 saturated heterocycles. The number of aliphatic carboxylic acids is 1. The van der Waals surface area contributed by atoms with E-state index in [0.717, 1.165) is 18.4 Å². The quantitative estimate of drug-likeness (QED) is 0.736. The van der Waals surface area contributed by atoms with Crippen LogP contribution in [0.4, 0.5) is 0 Å². The molecule has 0 bridgehead atoms. The average Bonchev–Trinajstić information content (AvgIpc) is 2.96. The number of nitrogens with one attached hydrogen (secondary N) is 1. The summed E-state index contributed by atoms with van der Waals surface area (Å²) in [6.45, 7) is 0.170. The second-order valence-electron chi connectivity index (χ2n) is 5.81. The second kappa shape index (κ2) is 6.72. The fourth-order valence-corrected chi connectivity index (χ4v) is 2.87. The minimum atomic E-state index is -0.822. The van der Waals surface area contributed by atoms with Crippen molar-refractivity contribution in [2.24, 2.45) is 11.1 Å². The molecule has 0 spiro atoms. The molecule has 1 aliphatic rings. The lowest BCUT2D eigenvalue weighted by Gasteiger charge is -2.25. The number of carbonyl (C=O) groups excluding carboxylic acids is 1. The topological polar surface area (TPSA) is 92.4 Å². The molecule has 0 heterocycles. The predicted octanol–water partition coefficient (Wildman–Crippen LogP) is 1.32. The maximum Gasteiger partial charge on any atom is 0.311 e. The van der Waals surface area contributed by atoms with Crippen molar-refractivity contribution in [2.45, 2.75) is 38.1 Å². The van der Waals surface area contributed by atoms with E-state index in [0.29, 0.717) is 19.3 Å². The van der Waals surface area contributed by atoms with Crippen LogP contribution in [0, 0.1) is 5.41 Å². The Balaban J connectivity index is 1.87. The Morgan fingerprint density at radius 2 is 1.86 bits per heavy atom. The van der Waals surface area contributed by atoms with E-state index in [1.807, 2.05) is 30.3 Å². The smallest absolute Gasteiger partial charge is 0.311 e. The number of amides is 1. The van der Waals surface area contributed by atoms with Crippen molar-refractivity contribution >= 4 is 11.9 Å². The Labute approximate surface area is 124 Å². The van der Waals surface area contributed by atoms with Crippen molar-refractivity contribution < 1.29 is 14.7 Å². The summed E-state index contributed by atoms with van der Waals surface area (Å²) in [5, 5.41) is 12.1. The zero-order valence-electron chi connectivity index (χ0n) is 12.0. The number of hydrogen-bond acceptors (Lipinski definition) is 3. The Hall–Kier alpha value is -1.88. The molecule has 0 aliphatic heterocycles. The molecule has 5 heteroatoms. The van der Waals surface area contributed by atoms with Crippen LogP contribution in [0.15, 0.2) is 30.3 Å². The number of carboxylic acids is 1. The van der Waals surface area contributed by atoms with Crippen LogP contribution in [0.2, 0.25) is 0 Å². The van der Waals surface area contributed by atoms with Gasteiger partial charge in [-0.05, 0) is 24.8 Å². The first-order valence-corrected chi connectivity index (χ1v) is 7.34. The standard InChI is InChI=1S/C16H22N2O3/c17-13(10-12-6-2-1-3-7-12)14(19)18-11-16(15(20)21)8-4-5-9-16/h1-3,6-7,13H,4-5,8-11,17H2,(H,18,19)(H,20,21)/t13-/m1/s1. The van der Waals surface area contributed by atoms with Gasteiger partial charge in [-0.3, -0.25) is 9.59 Å². The van der Waals surface area contributed by atoms with E-state index in [1.54, 1.807) is 0 Å². The van der Waals surface area contributed by atoms with Crippen LogP contribution >= 0.6 is 0 Å². The van der Waals surface area contributed by atoms with Crippen LogP contribution in [0.5, 0.6) is 0 Å². The van der Waals surface area contributed by atoms with Crippen molar-refractivity contribution in [2.75, 3.05) is 6.54 Å². The van der Waals surface area contributed by atoms with E-state index in [1.165, 1.54) is 0 Å². The zero-order chi connectivity index (χ0) is 15.3. The molecule has 5 nitrogen and oxygen atoms in total. The van der Waals surface area contributed by atoms with Gasteiger partial charge in [0.15, 0.2) is 0 Å². The summed E-state index contributed by atoms with van der Waals surface area (Å²) in [6, 6.07) is 8.90. The third-order valence-corrected chi connectivity index (χ3v) is 4.25. The van der Waals surface area contributed by atoms with Gasteiger partial charge in [-0.2, -0.15) is 0 Å². The normalized spacial score (nSPS) is 18.1. The summed E-state index contributed by atoms with van der Waals surface area (Å²) >= 11 is 0. The molecule has 1 aromatic carbocycles. The van der Waals surface area contributed by atoms with Crippen LogP contribution in [0.3, 0.4) is 0 Å². The molecule has 21 heavy (non-hydrogen) atoms. The summed E-state index contributed by atoms with van der Waals surface area (Å²) in [5.74, 6) is -1.11. The van der Waals surface area contributed by atoms with E-state index in [4.69, 9.17) is 5.73 Å². The lowest BCUT2D eigenvalue weighted by Crippen LogP contribution is -2.47. The average molecular weight is 290 g/mol. The maximum absolute atomic E-state index is 12.0. The fourth-order valence-electron chi connectivity index (χ4n) is 2.87. The van der Waals surface area contributed by atoms with Gasteiger partial charge in [0, 0.05) is 6.54 Å². The highest BCUT2D eigenvalue weighted by molar-refractivity contribution is 5.83. The SMILES string of the molecule is N[C@H](Cc1ccccc1)C(=O)NCC1(C(=O)O)CCCC1. The molecule has 0 aromatic heterocycles. The minimum Gasteiger partial charge on any atom is -0.481 e. The number of rotatable bonds is 6. The molecule has 1 amide bonds. The van der Waals surface area contributed by atoms with Gasteiger partial charge < -0.3 is 16.2 Å². The molecule has 114 valence electrons. The van der Waals surface area contributed by atoms with Crippen LogP contribution in [-0.2, 0) is 16.0 Å². The third kappa shape index (κ3) is 3.82. The molecule has 4 N–H and O–H groups in total. The van der Waals surface area contributed by atoms with Gasteiger partial charge >= 0.3 is 5.97 Å².